The topological polar surface area (TPSA) is 93.7 Å². The third-order valence-electron chi connectivity index (χ3n) is 6.59. The zero-order valence-electron chi connectivity index (χ0n) is 17.4. The molecule has 1 fully saturated rings. The first-order valence-corrected chi connectivity index (χ1v) is 12.2. The zero-order chi connectivity index (χ0) is 21.6. The average molecular weight is 443 g/mol. The van der Waals surface area contributed by atoms with Crippen LogP contribution in [0, 0.1) is 0 Å². The summed E-state index contributed by atoms with van der Waals surface area (Å²) in [5, 5.41) is 3.23. The number of hydrogen-bond acceptors (Lipinski definition) is 6. The molecule has 2 aromatic carbocycles. The molecule has 31 heavy (non-hydrogen) atoms. The van der Waals surface area contributed by atoms with E-state index in [-0.39, 0.29) is 11.5 Å². The molecular formula is C23H26N2O5S. The Labute approximate surface area is 182 Å². The van der Waals surface area contributed by atoms with Crippen molar-refractivity contribution in [2.75, 3.05) is 25.6 Å². The zero-order valence-corrected chi connectivity index (χ0v) is 18.3. The number of carbonyl (C=O) groups is 1. The molecular weight excluding hydrogens is 416 g/mol. The molecule has 0 saturated heterocycles. The fourth-order valence-electron chi connectivity index (χ4n) is 4.75. The highest BCUT2D eigenvalue weighted by molar-refractivity contribution is 7.90. The summed E-state index contributed by atoms with van der Waals surface area (Å²) in [4.78, 5) is 13.3. The van der Waals surface area contributed by atoms with Crippen LogP contribution in [-0.4, -0.2) is 34.6 Å². The summed E-state index contributed by atoms with van der Waals surface area (Å²) in [7, 11) is -2.47. The predicted molar refractivity (Wildman–Crippen MR) is 116 cm³/mol. The second-order valence-corrected chi connectivity index (χ2v) is 10.0. The minimum Gasteiger partial charge on any atom is -0.496 e. The van der Waals surface area contributed by atoms with E-state index >= 15 is 0 Å². The van der Waals surface area contributed by atoms with Crippen LogP contribution in [0.1, 0.15) is 54.2 Å². The van der Waals surface area contributed by atoms with Gasteiger partial charge in [0, 0.05) is 12.2 Å². The van der Waals surface area contributed by atoms with E-state index in [2.05, 4.69) is 10.0 Å². The number of fused-ring (bicyclic) bond motifs is 2. The monoisotopic (exact) mass is 442 g/mol. The lowest BCUT2D eigenvalue weighted by atomic mass is 9.78. The Morgan fingerprint density at radius 3 is 2.77 bits per heavy atom. The van der Waals surface area contributed by atoms with Gasteiger partial charge in [-0.1, -0.05) is 18.6 Å². The second-order valence-electron chi connectivity index (χ2n) is 8.37. The average Bonchev–Trinajstić information content (AvgIpc) is 3.18. The van der Waals surface area contributed by atoms with E-state index in [1.54, 1.807) is 19.2 Å². The van der Waals surface area contributed by atoms with Crippen molar-refractivity contribution >= 4 is 21.6 Å². The van der Waals surface area contributed by atoms with Crippen LogP contribution >= 0.6 is 0 Å². The maximum atomic E-state index is 13.2. The SMILES string of the molecule is COc1ccc(C2CCC2)c2c1[C@@H](C(=O)NS(=O)(=O)c1cccc3c1CCCN3)CO2. The Bertz CT molecular complexity index is 1140. The van der Waals surface area contributed by atoms with Gasteiger partial charge in [0.2, 0.25) is 5.91 Å². The number of carbonyl (C=O) groups excluding carboxylic acids is 1. The molecule has 2 aliphatic heterocycles. The summed E-state index contributed by atoms with van der Waals surface area (Å²) in [5.41, 5.74) is 3.27. The van der Waals surface area contributed by atoms with Crippen LogP contribution < -0.4 is 19.5 Å². The van der Waals surface area contributed by atoms with Gasteiger partial charge < -0.3 is 14.8 Å². The first kappa shape index (κ1) is 20.2. The van der Waals surface area contributed by atoms with E-state index in [1.165, 1.54) is 6.42 Å². The Morgan fingerprint density at radius 2 is 2.03 bits per heavy atom. The van der Waals surface area contributed by atoms with Crippen molar-refractivity contribution in [3.8, 4) is 11.5 Å². The number of ether oxygens (including phenoxy) is 2. The molecule has 2 aromatic rings. The highest BCUT2D eigenvalue weighted by Gasteiger charge is 2.39. The number of methoxy groups -OCH3 is 1. The largest absolute Gasteiger partial charge is 0.496 e. The third-order valence-corrected chi connectivity index (χ3v) is 8.02. The quantitative estimate of drug-likeness (QED) is 0.738. The summed E-state index contributed by atoms with van der Waals surface area (Å²) >= 11 is 0. The van der Waals surface area contributed by atoms with Gasteiger partial charge in [-0.05, 0) is 60.9 Å². The van der Waals surface area contributed by atoms with E-state index in [9.17, 15) is 13.2 Å². The van der Waals surface area contributed by atoms with Crippen molar-refractivity contribution < 1.29 is 22.7 Å². The number of amides is 1. The second kappa shape index (κ2) is 7.75. The maximum Gasteiger partial charge on any atom is 0.264 e. The van der Waals surface area contributed by atoms with Gasteiger partial charge in [0.05, 0.1) is 17.6 Å². The number of nitrogens with one attached hydrogen (secondary N) is 2. The van der Waals surface area contributed by atoms with E-state index in [4.69, 9.17) is 9.47 Å². The van der Waals surface area contributed by atoms with E-state index < -0.39 is 21.8 Å². The van der Waals surface area contributed by atoms with Crippen molar-refractivity contribution in [3.05, 3.63) is 47.0 Å². The van der Waals surface area contributed by atoms with E-state index in [0.717, 1.165) is 42.6 Å². The number of hydrogen-bond donors (Lipinski definition) is 2. The van der Waals surface area contributed by atoms with Crippen molar-refractivity contribution in [2.45, 2.75) is 48.8 Å². The van der Waals surface area contributed by atoms with Crippen LogP contribution in [0.5, 0.6) is 11.5 Å². The van der Waals surface area contributed by atoms with Crippen LogP contribution in [0.3, 0.4) is 0 Å². The van der Waals surface area contributed by atoms with Crippen LogP contribution in [-0.2, 0) is 21.2 Å². The molecule has 0 bridgehead atoms. The molecule has 8 heteroatoms. The number of benzene rings is 2. The number of anilines is 1. The third kappa shape index (κ3) is 3.43. The highest BCUT2D eigenvalue weighted by atomic mass is 32.2. The molecule has 3 aliphatic rings. The molecule has 0 spiro atoms. The van der Waals surface area contributed by atoms with Gasteiger partial charge in [-0.3, -0.25) is 4.79 Å². The number of sulfonamides is 1. The van der Waals surface area contributed by atoms with Gasteiger partial charge in [0.25, 0.3) is 10.0 Å². The molecule has 0 aromatic heterocycles. The Kier molecular flexibility index (Phi) is 5.04. The lowest BCUT2D eigenvalue weighted by molar-refractivity contribution is -0.121. The van der Waals surface area contributed by atoms with Gasteiger partial charge in [-0.25, -0.2) is 13.1 Å². The summed E-state index contributed by atoms with van der Waals surface area (Å²) in [6.45, 7) is 0.910. The summed E-state index contributed by atoms with van der Waals surface area (Å²) in [5.74, 6) is 0.326. The van der Waals surface area contributed by atoms with Crippen molar-refractivity contribution in [3.63, 3.8) is 0 Å². The molecule has 1 atom stereocenters. The lowest BCUT2D eigenvalue weighted by Gasteiger charge is -2.27. The maximum absolute atomic E-state index is 13.2. The van der Waals surface area contributed by atoms with Crippen LogP contribution in [0.2, 0.25) is 0 Å². The smallest absolute Gasteiger partial charge is 0.264 e. The summed E-state index contributed by atoms with van der Waals surface area (Å²) in [6.07, 6.45) is 4.88. The summed E-state index contributed by atoms with van der Waals surface area (Å²) < 4.78 is 40.0. The molecule has 164 valence electrons. The Hall–Kier alpha value is -2.74. The van der Waals surface area contributed by atoms with Gasteiger partial charge in [0.15, 0.2) is 0 Å². The van der Waals surface area contributed by atoms with E-state index in [0.29, 0.717) is 29.4 Å². The van der Waals surface area contributed by atoms with Crippen LogP contribution in [0.15, 0.2) is 35.2 Å². The van der Waals surface area contributed by atoms with Crippen molar-refractivity contribution in [1.29, 1.82) is 0 Å². The molecule has 1 aliphatic carbocycles. The first-order chi connectivity index (χ1) is 15.0. The Balaban J connectivity index is 1.45. The van der Waals surface area contributed by atoms with Gasteiger partial charge >= 0.3 is 0 Å². The molecule has 1 saturated carbocycles. The normalized spacial score (nSPS) is 20.0. The van der Waals surface area contributed by atoms with Gasteiger partial charge in [0.1, 0.15) is 24.0 Å². The first-order valence-electron chi connectivity index (χ1n) is 10.8. The Morgan fingerprint density at radius 1 is 1.19 bits per heavy atom. The highest BCUT2D eigenvalue weighted by Crippen LogP contribution is 2.49. The lowest BCUT2D eigenvalue weighted by Crippen LogP contribution is -2.36. The van der Waals surface area contributed by atoms with E-state index in [1.807, 2.05) is 18.2 Å². The molecule has 7 nitrogen and oxygen atoms in total. The molecule has 1 amide bonds. The van der Waals surface area contributed by atoms with Gasteiger partial charge in [-0.2, -0.15) is 0 Å². The molecule has 2 heterocycles. The van der Waals surface area contributed by atoms with Crippen LogP contribution in [0.4, 0.5) is 5.69 Å². The fraction of sp³-hybridized carbons (Fsp3) is 0.435. The molecule has 5 rings (SSSR count). The van der Waals surface area contributed by atoms with Crippen molar-refractivity contribution in [2.24, 2.45) is 0 Å². The molecule has 0 unspecified atom stereocenters. The summed E-state index contributed by atoms with van der Waals surface area (Å²) in [6, 6.07) is 8.97. The minimum absolute atomic E-state index is 0.102. The fourth-order valence-corrected chi connectivity index (χ4v) is 6.06. The molecule has 2 N–H and O–H groups in total. The predicted octanol–water partition coefficient (Wildman–Crippen LogP) is 3.30. The molecule has 0 radical (unpaired) electrons. The van der Waals surface area contributed by atoms with Crippen molar-refractivity contribution in [1.82, 2.24) is 4.72 Å². The van der Waals surface area contributed by atoms with Gasteiger partial charge in [-0.15, -0.1) is 0 Å². The standard InChI is InChI=1S/C23H26N2O5S/c1-29-19-11-10-15(14-5-2-6-14)22-21(19)17(13-30-22)23(26)25-31(27,28)20-9-3-8-18-16(20)7-4-12-24-18/h3,8-11,14,17,24H,2,4-7,12-13H2,1H3,(H,25,26)/t17-/m0/s1. The van der Waals surface area contributed by atoms with Crippen LogP contribution in [0.25, 0.3) is 0 Å². The minimum atomic E-state index is -4.02. The number of rotatable bonds is 5.